The van der Waals surface area contributed by atoms with Crippen LogP contribution < -0.4 is 26.8 Å². The highest BCUT2D eigenvalue weighted by Crippen LogP contribution is 2.32. The zero-order valence-corrected chi connectivity index (χ0v) is 31.7. The third-order valence-electron chi connectivity index (χ3n) is 11.7. The molecule has 0 spiro atoms. The molecule has 3 amide bonds. The third-order valence-corrected chi connectivity index (χ3v) is 11.7. The van der Waals surface area contributed by atoms with Crippen molar-refractivity contribution in [1.82, 2.24) is 15.0 Å². The van der Waals surface area contributed by atoms with Crippen LogP contribution in [0.1, 0.15) is 86.1 Å². The van der Waals surface area contributed by atoms with Crippen LogP contribution in [0.4, 0.5) is 0 Å². The van der Waals surface area contributed by atoms with Crippen LogP contribution >= 0.6 is 0 Å². The summed E-state index contributed by atoms with van der Waals surface area (Å²) in [5, 5.41) is 2.99. The Bertz CT molecular complexity index is 2240. The largest absolute Gasteiger partial charge is 0.537 e. The topological polar surface area (TPSA) is 131 Å². The predicted molar refractivity (Wildman–Crippen MR) is 221 cm³/mol. The van der Waals surface area contributed by atoms with Crippen molar-refractivity contribution in [2.75, 3.05) is 26.2 Å². The fourth-order valence-electron chi connectivity index (χ4n) is 8.47. The van der Waals surface area contributed by atoms with Gasteiger partial charge in [0.05, 0.1) is 12.0 Å². The number of nitrogens with two attached hydrogens (primary N) is 2. The van der Waals surface area contributed by atoms with Crippen LogP contribution in [-0.2, 0) is 24.3 Å². The molecular formula is C46H48BN5O4. The average Bonchev–Trinajstić information content (AvgIpc) is 3.26. The number of rotatable bonds is 9. The molecule has 3 heterocycles. The number of hydrogen-bond donors (Lipinski definition) is 3. The Morgan fingerprint density at radius 1 is 0.661 bits per heavy atom. The number of likely N-dealkylation sites (tertiary alicyclic amines) is 2. The van der Waals surface area contributed by atoms with Gasteiger partial charge in [0, 0.05) is 44.8 Å². The summed E-state index contributed by atoms with van der Waals surface area (Å²) in [6, 6.07) is 37.9. The van der Waals surface area contributed by atoms with Crippen LogP contribution in [0.3, 0.4) is 0 Å². The van der Waals surface area contributed by atoms with E-state index in [-0.39, 0.29) is 24.1 Å². The third kappa shape index (κ3) is 8.13. The van der Waals surface area contributed by atoms with E-state index in [1.807, 2.05) is 76.5 Å². The summed E-state index contributed by atoms with van der Waals surface area (Å²) in [5.41, 5.74) is 21.1. The van der Waals surface area contributed by atoms with Crippen molar-refractivity contribution in [3.63, 3.8) is 0 Å². The molecule has 0 atom stereocenters. The first kappa shape index (κ1) is 37.2. The summed E-state index contributed by atoms with van der Waals surface area (Å²) in [5.74, 6) is 1.16. The Labute approximate surface area is 329 Å². The van der Waals surface area contributed by atoms with Crippen molar-refractivity contribution in [2.24, 2.45) is 11.5 Å². The van der Waals surface area contributed by atoms with Gasteiger partial charge in [0.2, 0.25) is 11.8 Å². The molecule has 8 rings (SSSR count). The van der Waals surface area contributed by atoms with Crippen LogP contribution in [0.5, 0.6) is 5.75 Å². The molecule has 2 saturated heterocycles. The lowest BCUT2D eigenvalue weighted by atomic mass is 9.71. The molecule has 0 radical (unpaired) electrons. The second kappa shape index (κ2) is 16.6. The summed E-state index contributed by atoms with van der Waals surface area (Å²) in [6.07, 6.45) is 3.90. The van der Waals surface area contributed by atoms with Crippen molar-refractivity contribution in [2.45, 2.75) is 57.0 Å². The van der Waals surface area contributed by atoms with Crippen LogP contribution in [0.15, 0.2) is 115 Å². The summed E-state index contributed by atoms with van der Waals surface area (Å²) in [6.45, 7) is 3.88. The van der Waals surface area contributed by atoms with Crippen molar-refractivity contribution >= 4 is 30.2 Å². The van der Waals surface area contributed by atoms with Gasteiger partial charge in [-0.1, -0.05) is 91.0 Å². The minimum absolute atomic E-state index is 0.0315. The average molecular weight is 746 g/mol. The standard InChI is InChI=1S/C46H48BN5O4/c48-29-32-5-1-7-36(23-32)34-15-19-51(20-16-34)44(53)26-31-13-14-42-43(25-31)56-47(50-45(42)54)41-12-4-10-39(28-41)38-9-3-11-40(27-38)46(55)52-21-17-35(18-22-52)37-8-2-6-33(24-37)30-49/h1-14,23-25,27-28,34-35H,15-22,26,29-30,48-49H2,(H,50,54). The second-order valence-corrected chi connectivity index (χ2v) is 15.3. The highest BCUT2D eigenvalue weighted by molar-refractivity contribution is 6.69. The van der Waals surface area contributed by atoms with Crippen LogP contribution in [-0.4, -0.2) is 60.8 Å². The Kier molecular flexibility index (Phi) is 11.0. The van der Waals surface area contributed by atoms with E-state index in [0.717, 1.165) is 59.0 Å². The van der Waals surface area contributed by atoms with Crippen LogP contribution in [0.25, 0.3) is 11.1 Å². The molecule has 10 heteroatoms. The monoisotopic (exact) mass is 745 g/mol. The lowest BCUT2D eigenvalue weighted by molar-refractivity contribution is -0.131. The fourth-order valence-corrected chi connectivity index (χ4v) is 8.47. The quantitative estimate of drug-likeness (QED) is 0.165. The number of carbonyl (C=O) groups excluding carboxylic acids is 3. The van der Waals surface area contributed by atoms with Crippen LogP contribution in [0.2, 0.25) is 0 Å². The van der Waals surface area contributed by atoms with Gasteiger partial charge in [-0.3, -0.25) is 14.4 Å². The van der Waals surface area contributed by atoms with Crippen molar-refractivity contribution in [1.29, 1.82) is 0 Å². The van der Waals surface area contributed by atoms with E-state index >= 15 is 0 Å². The van der Waals surface area contributed by atoms with E-state index in [2.05, 4.69) is 47.7 Å². The number of nitrogens with zero attached hydrogens (tertiary/aromatic N) is 2. The lowest BCUT2D eigenvalue weighted by Gasteiger charge is -2.32. The van der Waals surface area contributed by atoms with Gasteiger partial charge in [-0.2, -0.15) is 0 Å². The molecule has 0 aliphatic carbocycles. The van der Waals surface area contributed by atoms with Gasteiger partial charge < -0.3 is 31.1 Å². The predicted octanol–water partition coefficient (Wildman–Crippen LogP) is 5.76. The molecule has 5 N–H and O–H groups in total. The van der Waals surface area contributed by atoms with Crippen molar-refractivity contribution < 1.29 is 19.0 Å². The second-order valence-electron chi connectivity index (χ2n) is 15.3. The minimum atomic E-state index is -0.714. The van der Waals surface area contributed by atoms with Crippen LogP contribution in [0, 0.1) is 0 Å². The SMILES string of the molecule is NCc1cccc(C2CCN(C(=O)Cc3ccc4c(c3)OB(c3cccc(-c5cccc(C(=O)N6CCC(c7cccc(CN)c7)CC6)c5)c3)NC4=O)CC2)c1. The number of nitrogens with one attached hydrogen (secondary N) is 1. The van der Waals surface area contributed by atoms with Gasteiger partial charge in [-0.15, -0.1) is 0 Å². The first-order valence-corrected chi connectivity index (χ1v) is 19.8. The molecular weight excluding hydrogens is 697 g/mol. The summed E-state index contributed by atoms with van der Waals surface area (Å²) in [4.78, 5) is 44.3. The maximum atomic E-state index is 13.7. The summed E-state index contributed by atoms with van der Waals surface area (Å²) in [7, 11) is -0.714. The molecule has 0 aromatic heterocycles. The summed E-state index contributed by atoms with van der Waals surface area (Å²) >= 11 is 0. The molecule has 0 unspecified atom stereocenters. The molecule has 9 nitrogen and oxygen atoms in total. The lowest BCUT2D eigenvalue weighted by Crippen LogP contribution is -2.55. The number of hydrogen-bond acceptors (Lipinski definition) is 6. The zero-order chi connectivity index (χ0) is 38.6. The number of piperidine rings is 2. The Morgan fingerprint density at radius 2 is 1.25 bits per heavy atom. The van der Waals surface area contributed by atoms with Gasteiger partial charge in [0.1, 0.15) is 5.75 Å². The minimum Gasteiger partial charge on any atom is -0.537 e. The van der Waals surface area contributed by atoms with E-state index < -0.39 is 7.05 Å². The van der Waals surface area contributed by atoms with E-state index in [4.69, 9.17) is 16.1 Å². The first-order chi connectivity index (χ1) is 27.3. The molecule has 56 heavy (non-hydrogen) atoms. The normalized spacial score (nSPS) is 16.2. The number of carbonyl (C=O) groups is 3. The smallest absolute Gasteiger partial charge is 0.519 e. The molecule has 3 aliphatic rings. The summed E-state index contributed by atoms with van der Waals surface area (Å²) < 4.78 is 6.39. The Hall–Kier alpha value is -5.71. The molecule has 0 bridgehead atoms. The van der Waals surface area contributed by atoms with Gasteiger partial charge in [-0.05, 0) is 106 Å². The van der Waals surface area contributed by atoms with E-state index in [9.17, 15) is 14.4 Å². The zero-order valence-electron chi connectivity index (χ0n) is 31.7. The molecule has 5 aromatic rings. The highest BCUT2D eigenvalue weighted by Gasteiger charge is 2.33. The van der Waals surface area contributed by atoms with Crippen molar-refractivity contribution in [3.8, 4) is 16.9 Å². The number of benzene rings is 5. The maximum absolute atomic E-state index is 13.7. The molecule has 2 fully saturated rings. The van der Waals surface area contributed by atoms with E-state index in [1.165, 1.54) is 11.1 Å². The van der Waals surface area contributed by atoms with Gasteiger partial charge >= 0.3 is 7.05 Å². The van der Waals surface area contributed by atoms with E-state index in [1.54, 1.807) is 6.07 Å². The number of amides is 3. The number of fused-ring (bicyclic) bond motifs is 1. The van der Waals surface area contributed by atoms with E-state index in [0.29, 0.717) is 68.0 Å². The highest BCUT2D eigenvalue weighted by atomic mass is 16.4. The molecule has 3 aliphatic heterocycles. The maximum Gasteiger partial charge on any atom is 0.519 e. The fraction of sp³-hybridized carbons (Fsp3) is 0.283. The Morgan fingerprint density at radius 3 is 1.89 bits per heavy atom. The van der Waals surface area contributed by atoms with Gasteiger partial charge in [0.25, 0.3) is 5.91 Å². The van der Waals surface area contributed by atoms with Crippen molar-refractivity contribution in [3.05, 3.63) is 154 Å². The first-order valence-electron chi connectivity index (χ1n) is 19.8. The van der Waals surface area contributed by atoms with Gasteiger partial charge in [-0.25, -0.2) is 0 Å². The molecule has 0 saturated carbocycles. The molecule has 5 aromatic carbocycles. The van der Waals surface area contributed by atoms with Gasteiger partial charge in [0.15, 0.2) is 0 Å². The molecule has 284 valence electrons. The Balaban J connectivity index is 0.901.